The van der Waals surface area contributed by atoms with Crippen LogP contribution >= 0.6 is 11.8 Å². The molecule has 1 heteroatoms. The van der Waals surface area contributed by atoms with Crippen molar-refractivity contribution in [1.29, 1.82) is 0 Å². The minimum absolute atomic E-state index is 1.22. The highest BCUT2D eigenvalue weighted by Gasteiger charge is 2.06. The van der Waals surface area contributed by atoms with Crippen molar-refractivity contribution in [1.82, 2.24) is 0 Å². The lowest BCUT2D eigenvalue weighted by atomic mass is 10.2. The van der Waals surface area contributed by atoms with Gasteiger partial charge >= 0.3 is 0 Å². The van der Waals surface area contributed by atoms with Crippen LogP contribution in [0.2, 0.25) is 0 Å². The SMILES string of the molecule is C=CC1=C(C)SCC1. The average molecular weight is 126 g/mol. The van der Waals surface area contributed by atoms with E-state index in [9.17, 15) is 0 Å². The summed E-state index contributed by atoms with van der Waals surface area (Å²) in [6, 6.07) is 0. The van der Waals surface area contributed by atoms with Crippen molar-refractivity contribution in [2.75, 3.05) is 5.75 Å². The van der Waals surface area contributed by atoms with Crippen molar-refractivity contribution >= 4 is 11.8 Å². The number of allylic oxidation sites excluding steroid dienone is 3. The number of hydrogen-bond acceptors (Lipinski definition) is 1. The van der Waals surface area contributed by atoms with Crippen LogP contribution in [0.5, 0.6) is 0 Å². The fraction of sp³-hybridized carbons (Fsp3) is 0.429. The molecule has 0 nitrogen and oxygen atoms in total. The van der Waals surface area contributed by atoms with Crippen LogP contribution in [-0.4, -0.2) is 5.75 Å². The topological polar surface area (TPSA) is 0 Å². The Morgan fingerprint density at radius 1 is 1.75 bits per heavy atom. The van der Waals surface area contributed by atoms with Gasteiger partial charge in [-0.15, -0.1) is 11.8 Å². The molecular formula is C7H10S. The lowest BCUT2D eigenvalue weighted by molar-refractivity contribution is 1.19. The molecule has 0 aromatic heterocycles. The Kier molecular flexibility index (Phi) is 1.79. The molecule has 8 heavy (non-hydrogen) atoms. The zero-order chi connectivity index (χ0) is 5.98. The van der Waals surface area contributed by atoms with Crippen LogP contribution < -0.4 is 0 Å². The number of thioether (sulfide) groups is 1. The lowest BCUT2D eigenvalue weighted by Crippen LogP contribution is -1.70. The first-order valence-electron chi connectivity index (χ1n) is 2.79. The highest BCUT2D eigenvalue weighted by Crippen LogP contribution is 2.30. The first-order valence-corrected chi connectivity index (χ1v) is 3.78. The molecule has 0 aliphatic carbocycles. The molecule has 0 aromatic rings. The first kappa shape index (κ1) is 5.96. The first-order chi connectivity index (χ1) is 3.84. The summed E-state index contributed by atoms with van der Waals surface area (Å²) in [6.07, 6.45) is 3.19. The third-order valence-corrected chi connectivity index (χ3v) is 2.49. The van der Waals surface area contributed by atoms with Gasteiger partial charge in [-0.2, -0.15) is 0 Å². The van der Waals surface area contributed by atoms with Gasteiger partial charge in [0.2, 0.25) is 0 Å². The highest BCUT2D eigenvalue weighted by atomic mass is 32.2. The fourth-order valence-electron chi connectivity index (χ4n) is 0.829. The average Bonchev–Trinajstić information content (AvgIpc) is 2.14. The summed E-state index contributed by atoms with van der Waals surface area (Å²) in [5.41, 5.74) is 1.44. The van der Waals surface area contributed by atoms with Crippen LogP contribution in [0, 0.1) is 0 Å². The molecule has 1 aliphatic heterocycles. The van der Waals surface area contributed by atoms with Crippen LogP contribution in [0.15, 0.2) is 23.1 Å². The van der Waals surface area contributed by atoms with Gasteiger partial charge in [-0.25, -0.2) is 0 Å². The second kappa shape index (κ2) is 2.40. The molecule has 44 valence electrons. The van der Waals surface area contributed by atoms with Crippen LogP contribution in [0.1, 0.15) is 13.3 Å². The monoisotopic (exact) mass is 126 g/mol. The Bertz CT molecular complexity index is 133. The van der Waals surface area contributed by atoms with Crippen molar-refractivity contribution < 1.29 is 0 Å². The molecule has 1 aliphatic rings. The van der Waals surface area contributed by atoms with Gasteiger partial charge in [-0.3, -0.25) is 0 Å². The third kappa shape index (κ3) is 0.972. The van der Waals surface area contributed by atoms with E-state index in [2.05, 4.69) is 13.5 Å². The summed E-state index contributed by atoms with van der Waals surface area (Å²) >= 11 is 1.94. The second-order valence-electron chi connectivity index (χ2n) is 1.88. The number of rotatable bonds is 1. The standard InChI is InChI=1S/C7H10S/c1-3-7-4-5-8-6(7)2/h3H,1,4-5H2,2H3. The maximum absolute atomic E-state index is 3.72. The molecule has 0 fully saturated rings. The molecule has 0 spiro atoms. The maximum atomic E-state index is 3.72. The predicted octanol–water partition coefficient (Wildman–Crippen LogP) is 2.58. The van der Waals surface area contributed by atoms with Crippen LogP contribution in [0.25, 0.3) is 0 Å². The number of hydrogen-bond donors (Lipinski definition) is 0. The van der Waals surface area contributed by atoms with Gasteiger partial charge in [0.25, 0.3) is 0 Å². The van der Waals surface area contributed by atoms with E-state index >= 15 is 0 Å². The molecule has 1 heterocycles. The molecule has 0 unspecified atom stereocenters. The molecule has 0 atom stereocenters. The van der Waals surface area contributed by atoms with E-state index in [4.69, 9.17) is 0 Å². The van der Waals surface area contributed by atoms with E-state index in [1.807, 2.05) is 17.8 Å². The van der Waals surface area contributed by atoms with E-state index in [1.165, 1.54) is 22.7 Å². The van der Waals surface area contributed by atoms with Crippen molar-refractivity contribution in [3.05, 3.63) is 23.1 Å². The van der Waals surface area contributed by atoms with E-state index < -0.39 is 0 Å². The lowest BCUT2D eigenvalue weighted by Gasteiger charge is -1.88. The van der Waals surface area contributed by atoms with Gasteiger partial charge in [0.15, 0.2) is 0 Å². The van der Waals surface area contributed by atoms with Crippen LogP contribution in [-0.2, 0) is 0 Å². The van der Waals surface area contributed by atoms with Gasteiger partial charge in [0.05, 0.1) is 0 Å². The summed E-state index contributed by atoms with van der Waals surface area (Å²) in [5.74, 6) is 1.26. The molecule has 0 radical (unpaired) electrons. The molecule has 0 N–H and O–H groups in total. The Morgan fingerprint density at radius 3 is 2.75 bits per heavy atom. The summed E-state index contributed by atoms with van der Waals surface area (Å²) < 4.78 is 0. The quantitative estimate of drug-likeness (QED) is 0.520. The molecule has 0 amide bonds. The molecule has 0 saturated carbocycles. The molecule has 0 aromatic carbocycles. The van der Waals surface area contributed by atoms with Crippen LogP contribution in [0.4, 0.5) is 0 Å². The minimum Gasteiger partial charge on any atom is -0.130 e. The summed E-state index contributed by atoms with van der Waals surface area (Å²) in [6.45, 7) is 5.88. The van der Waals surface area contributed by atoms with E-state index in [0.29, 0.717) is 0 Å². The minimum atomic E-state index is 1.22. The Balaban J connectivity index is 2.72. The summed E-state index contributed by atoms with van der Waals surface area (Å²) in [7, 11) is 0. The van der Waals surface area contributed by atoms with Crippen molar-refractivity contribution in [3.63, 3.8) is 0 Å². The van der Waals surface area contributed by atoms with E-state index in [0.717, 1.165) is 0 Å². The zero-order valence-electron chi connectivity index (χ0n) is 5.11. The maximum Gasteiger partial charge on any atom is 0.00176 e. The normalized spacial score (nSPS) is 19.6. The predicted molar refractivity (Wildman–Crippen MR) is 40.0 cm³/mol. The Morgan fingerprint density at radius 2 is 2.50 bits per heavy atom. The fourth-order valence-corrected chi connectivity index (χ4v) is 1.83. The van der Waals surface area contributed by atoms with Gasteiger partial charge in [-0.1, -0.05) is 12.7 Å². The van der Waals surface area contributed by atoms with Crippen molar-refractivity contribution in [2.45, 2.75) is 13.3 Å². The summed E-state index contributed by atoms with van der Waals surface area (Å²) in [5, 5.41) is 0. The van der Waals surface area contributed by atoms with Gasteiger partial charge in [0.1, 0.15) is 0 Å². The Labute approximate surface area is 54.7 Å². The molecular weight excluding hydrogens is 116 g/mol. The smallest absolute Gasteiger partial charge is 0.00176 e. The van der Waals surface area contributed by atoms with E-state index in [1.54, 1.807) is 0 Å². The van der Waals surface area contributed by atoms with Gasteiger partial charge in [-0.05, 0) is 23.8 Å². The van der Waals surface area contributed by atoms with Crippen molar-refractivity contribution in [2.24, 2.45) is 0 Å². The highest BCUT2D eigenvalue weighted by molar-refractivity contribution is 8.03. The van der Waals surface area contributed by atoms with E-state index in [-0.39, 0.29) is 0 Å². The molecule has 1 rings (SSSR count). The third-order valence-electron chi connectivity index (χ3n) is 1.39. The largest absolute Gasteiger partial charge is 0.130 e. The molecule has 0 saturated heterocycles. The van der Waals surface area contributed by atoms with Crippen molar-refractivity contribution in [3.8, 4) is 0 Å². The van der Waals surface area contributed by atoms with Gasteiger partial charge < -0.3 is 0 Å². The van der Waals surface area contributed by atoms with Gasteiger partial charge in [0, 0.05) is 5.75 Å². The zero-order valence-corrected chi connectivity index (χ0v) is 5.92. The Hall–Kier alpha value is -0.170. The van der Waals surface area contributed by atoms with Crippen LogP contribution in [0.3, 0.4) is 0 Å². The second-order valence-corrected chi connectivity index (χ2v) is 3.19. The summed E-state index contributed by atoms with van der Waals surface area (Å²) in [4.78, 5) is 1.46. The molecule has 0 bridgehead atoms.